The second kappa shape index (κ2) is 6.93. The molecule has 8 heteroatoms. The third-order valence-corrected chi connectivity index (χ3v) is 10.9. The zero-order chi connectivity index (χ0) is 20.3. The first-order chi connectivity index (χ1) is 13.9. The van der Waals surface area contributed by atoms with Crippen molar-refractivity contribution in [2.75, 3.05) is 26.2 Å². The largest absolute Gasteiger partial charge is 0.326 e. The van der Waals surface area contributed by atoms with Gasteiger partial charge < -0.3 is 10.2 Å². The molecule has 6 rings (SSSR count). The van der Waals surface area contributed by atoms with Gasteiger partial charge in [-0.05, 0) is 76.0 Å². The SMILES string of the molecule is N#C[C@@H]1CCCN1C(=O)CNC12CC3CC(C1)CC(S(=O)(=O)N1CCCC1)(C3)C2. The molecule has 29 heavy (non-hydrogen) atoms. The van der Waals surface area contributed by atoms with Gasteiger partial charge in [-0.2, -0.15) is 5.26 Å². The summed E-state index contributed by atoms with van der Waals surface area (Å²) in [4.78, 5) is 14.5. The average molecular weight is 421 g/mol. The summed E-state index contributed by atoms with van der Waals surface area (Å²) in [6, 6.07) is 1.94. The minimum Gasteiger partial charge on any atom is -0.326 e. The summed E-state index contributed by atoms with van der Waals surface area (Å²) >= 11 is 0. The quantitative estimate of drug-likeness (QED) is 0.729. The minimum absolute atomic E-state index is 0.0127. The van der Waals surface area contributed by atoms with Crippen LogP contribution in [0.25, 0.3) is 0 Å². The summed E-state index contributed by atoms with van der Waals surface area (Å²) in [6.07, 6.45) is 8.91. The van der Waals surface area contributed by atoms with Crippen molar-refractivity contribution in [3.63, 3.8) is 0 Å². The van der Waals surface area contributed by atoms with Gasteiger partial charge in [-0.25, -0.2) is 12.7 Å². The van der Waals surface area contributed by atoms with Crippen molar-refractivity contribution in [2.45, 2.75) is 80.5 Å². The van der Waals surface area contributed by atoms with E-state index >= 15 is 0 Å². The number of sulfonamides is 1. The molecule has 2 heterocycles. The molecule has 3 atom stereocenters. The summed E-state index contributed by atoms with van der Waals surface area (Å²) in [7, 11) is -3.31. The number of carbonyl (C=O) groups excluding carboxylic acids is 1. The number of nitrogens with one attached hydrogen (secondary N) is 1. The maximum absolute atomic E-state index is 13.6. The molecule has 2 saturated heterocycles. The van der Waals surface area contributed by atoms with Gasteiger partial charge in [0, 0.05) is 25.2 Å². The van der Waals surface area contributed by atoms with Crippen LogP contribution in [0.15, 0.2) is 0 Å². The van der Waals surface area contributed by atoms with Crippen LogP contribution in [0.2, 0.25) is 0 Å². The van der Waals surface area contributed by atoms with E-state index in [9.17, 15) is 18.5 Å². The van der Waals surface area contributed by atoms with Gasteiger partial charge in [0.2, 0.25) is 15.9 Å². The summed E-state index contributed by atoms with van der Waals surface area (Å²) in [6.45, 7) is 2.22. The first-order valence-corrected chi connectivity index (χ1v) is 12.7. The lowest BCUT2D eigenvalue weighted by Crippen LogP contribution is -2.68. The van der Waals surface area contributed by atoms with Gasteiger partial charge in [0.05, 0.1) is 17.4 Å². The molecule has 4 aliphatic carbocycles. The summed E-state index contributed by atoms with van der Waals surface area (Å²) in [5, 5.41) is 12.8. The lowest BCUT2D eigenvalue weighted by Gasteiger charge is -2.62. The Hall–Kier alpha value is -1.17. The van der Waals surface area contributed by atoms with Crippen molar-refractivity contribution >= 4 is 15.9 Å². The Balaban J connectivity index is 1.34. The number of likely N-dealkylation sites (tertiary alicyclic amines) is 1. The van der Waals surface area contributed by atoms with Crippen LogP contribution < -0.4 is 5.32 Å². The summed E-state index contributed by atoms with van der Waals surface area (Å²) < 4.78 is 28.4. The van der Waals surface area contributed by atoms with Gasteiger partial charge in [0.1, 0.15) is 6.04 Å². The van der Waals surface area contributed by atoms with E-state index in [2.05, 4.69) is 11.4 Å². The molecule has 0 radical (unpaired) electrons. The molecule has 0 spiro atoms. The van der Waals surface area contributed by atoms with Crippen LogP contribution in [0, 0.1) is 23.2 Å². The molecule has 160 valence electrons. The lowest BCUT2D eigenvalue weighted by atomic mass is 9.52. The van der Waals surface area contributed by atoms with Gasteiger partial charge in [0.15, 0.2) is 0 Å². The second-order valence-electron chi connectivity index (χ2n) is 10.3. The van der Waals surface area contributed by atoms with E-state index in [1.807, 2.05) is 0 Å². The Morgan fingerprint density at radius 3 is 2.41 bits per heavy atom. The molecule has 0 aromatic rings. The molecule has 0 aromatic carbocycles. The molecule has 1 N–H and O–H groups in total. The standard InChI is InChI=1S/C21H32N4O3S/c22-13-18-4-3-7-25(18)19(26)14-23-20-9-16-8-17(10-20)12-21(11-16,15-20)29(27,28)24-5-1-2-6-24/h16-18,23H,1-12,14-15H2/t16?,17?,18-,20?,21?/m0/s1. The highest BCUT2D eigenvalue weighted by Gasteiger charge is 2.63. The van der Waals surface area contributed by atoms with Crippen molar-refractivity contribution in [3.8, 4) is 6.07 Å². The Bertz CT molecular complexity index is 815. The van der Waals surface area contributed by atoms with Crippen molar-refractivity contribution in [1.29, 1.82) is 5.26 Å². The van der Waals surface area contributed by atoms with E-state index in [4.69, 9.17) is 0 Å². The maximum atomic E-state index is 13.6. The first-order valence-electron chi connectivity index (χ1n) is 11.3. The fourth-order valence-corrected chi connectivity index (χ4v) is 10.1. The third kappa shape index (κ3) is 3.12. The van der Waals surface area contributed by atoms with Crippen LogP contribution in [0.3, 0.4) is 0 Å². The van der Waals surface area contributed by atoms with E-state index in [1.54, 1.807) is 9.21 Å². The second-order valence-corrected chi connectivity index (χ2v) is 12.6. The fourth-order valence-electron chi connectivity index (χ4n) is 7.45. The molecule has 4 bridgehead atoms. The van der Waals surface area contributed by atoms with Crippen LogP contribution in [-0.4, -0.2) is 66.0 Å². The van der Waals surface area contributed by atoms with Crippen LogP contribution in [0.1, 0.15) is 64.2 Å². The van der Waals surface area contributed by atoms with Crippen molar-refractivity contribution < 1.29 is 13.2 Å². The third-order valence-electron chi connectivity index (χ3n) is 8.30. The molecule has 2 unspecified atom stereocenters. The number of nitriles is 1. The van der Waals surface area contributed by atoms with Crippen LogP contribution in [0.4, 0.5) is 0 Å². The number of hydrogen-bond donors (Lipinski definition) is 1. The van der Waals surface area contributed by atoms with Gasteiger partial charge in [0.25, 0.3) is 0 Å². The Kier molecular flexibility index (Phi) is 4.72. The highest BCUT2D eigenvalue weighted by Crippen LogP contribution is 2.60. The Morgan fingerprint density at radius 1 is 1.07 bits per heavy atom. The molecular weight excluding hydrogens is 388 g/mol. The number of amides is 1. The fraction of sp³-hybridized carbons (Fsp3) is 0.905. The van der Waals surface area contributed by atoms with Gasteiger partial charge in [-0.15, -0.1) is 0 Å². The first kappa shape index (κ1) is 19.8. The lowest BCUT2D eigenvalue weighted by molar-refractivity contribution is -0.131. The number of nitrogens with zero attached hydrogens (tertiary/aromatic N) is 3. The van der Waals surface area contributed by atoms with E-state index < -0.39 is 14.8 Å². The Labute approximate surface area is 173 Å². The predicted molar refractivity (Wildman–Crippen MR) is 108 cm³/mol. The van der Waals surface area contributed by atoms with Crippen LogP contribution in [-0.2, 0) is 14.8 Å². The smallest absolute Gasteiger partial charge is 0.237 e. The minimum atomic E-state index is -3.31. The van der Waals surface area contributed by atoms with Crippen molar-refractivity contribution in [1.82, 2.24) is 14.5 Å². The normalized spacial score (nSPS) is 41.8. The molecule has 7 nitrogen and oxygen atoms in total. The topological polar surface area (TPSA) is 93.5 Å². The molecule has 0 aromatic heterocycles. The zero-order valence-corrected chi connectivity index (χ0v) is 17.9. The van der Waals surface area contributed by atoms with E-state index in [-0.39, 0.29) is 24.0 Å². The van der Waals surface area contributed by atoms with Gasteiger partial charge in [-0.1, -0.05) is 0 Å². The van der Waals surface area contributed by atoms with Gasteiger partial charge >= 0.3 is 0 Å². The number of hydrogen-bond acceptors (Lipinski definition) is 5. The van der Waals surface area contributed by atoms with Crippen molar-refractivity contribution in [3.05, 3.63) is 0 Å². The number of carbonyl (C=O) groups is 1. The van der Waals surface area contributed by atoms with Gasteiger partial charge in [-0.3, -0.25) is 4.79 Å². The molecule has 6 aliphatic rings. The maximum Gasteiger partial charge on any atom is 0.237 e. The zero-order valence-electron chi connectivity index (χ0n) is 17.1. The molecule has 4 saturated carbocycles. The molecule has 6 fully saturated rings. The monoisotopic (exact) mass is 420 g/mol. The average Bonchev–Trinajstić information content (AvgIpc) is 3.36. The van der Waals surface area contributed by atoms with Crippen LogP contribution in [0.5, 0.6) is 0 Å². The molecule has 2 aliphatic heterocycles. The predicted octanol–water partition coefficient (Wildman–Crippen LogP) is 1.61. The van der Waals surface area contributed by atoms with Crippen LogP contribution >= 0.6 is 0 Å². The molecular formula is C21H32N4O3S. The highest BCUT2D eigenvalue weighted by molar-refractivity contribution is 7.90. The summed E-state index contributed by atoms with van der Waals surface area (Å²) in [5.74, 6) is 0.867. The Morgan fingerprint density at radius 2 is 1.76 bits per heavy atom. The highest BCUT2D eigenvalue weighted by atomic mass is 32.2. The van der Waals surface area contributed by atoms with Crippen molar-refractivity contribution in [2.24, 2.45) is 11.8 Å². The number of rotatable bonds is 5. The summed E-state index contributed by atoms with van der Waals surface area (Å²) in [5.41, 5.74) is -0.242. The molecule has 1 amide bonds. The van der Waals surface area contributed by atoms with E-state index in [0.29, 0.717) is 37.9 Å². The van der Waals surface area contributed by atoms with E-state index in [0.717, 1.165) is 57.8 Å². The van der Waals surface area contributed by atoms with E-state index in [1.165, 1.54) is 0 Å².